The largest absolute Gasteiger partial charge is 0.460 e. The Hall–Kier alpha value is -3.85. The van der Waals surface area contributed by atoms with Gasteiger partial charge < -0.3 is 24.5 Å². The van der Waals surface area contributed by atoms with E-state index in [1.165, 1.54) is 0 Å². The van der Waals surface area contributed by atoms with Crippen molar-refractivity contribution in [3.8, 4) is 11.5 Å². The van der Waals surface area contributed by atoms with Gasteiger partial charge >= 0.3 is 0 Å². The first-order valence-electron chi connectivity index (χ1n) is 12.1. The zero-order valence-electron chi connectivity index (χ0n) is 20.7. The summed E-state index contributed by atoms with van der Waals surface area (Å²) >= 11 is 0. The van der Waals surface area contributed by atoms with Gasteiger partial charge in [0.1, 0.15) is 22.6 Å². The van der Waals surface area contributed by atoms with E-state index in [1.54, 1.807) is 55.1 Å². The maximum absolute atomic E-state index is 13.6. The van der Waals surface area contributed by atoms with Gasteiger partial charge in [0.25, 0.3) is 11.8 Å². The molecule has 6 rings (SSSR count). The van der Waals surface area contributed by atoms with Gasteiger partial charge in [-0.05, 0) is 57.7 Å². The molecule has 0 spiro atoms. The molecule has 186 valence electrons. The molecule has 0 radical (unpaired) electrons. The lowest BCUT2D eigenvalue weighted by Gasteiger charge is -2.28. The van der Waals surface area contributed by atoms with Crippen LogP contribution >= 0.6 is 0 Å². The lowest BCUT2D eigenvalue weighted by Crippen LogP contribution is -2.43. The Labute approximate surface area is 207 Å². The van der Waals surface area contributed by atoms with Crippen molar-refractivity contribution in [3.05, 3.63) is 59.1 Å². The highest BCUT2D eigenvalue weighted by Crippen LogP contribution is 2.45. The zero-order valence-corrected chi connectivity index (χ0v) is 20.7. The van der Waals surface area contributed by atoms with Gasteiger partial charge in [0.15, 0.2) is 5.75 Å². The van der Waals surface area contributed by atoms with E-state index in [9.17, 15) is 14.7 Å². The molecule has 9 heteroatoms. The van der Waals surface area contributed by atoms with Crippen LogP contribution in [-0.2, 0) is 0 Å². The minimum absolute atomic E-state index is 0.0618. The molecule has 2 amide bonds. The van der Waals surface area contributed by atoms with Crippen LogP contribution in [0.15, 0.2) is 41.1 Å². The van der Waals surface area contributed by atoms with Gasteiger partial charge in [-0.2, -0.15) is 5.10 Å². The Morgan fingerprint density at radius 3 is 2.75 bits per heavy atom. The lowest BCUT2D eigenvalue weighted by atomic mass is 9.87. The van der Waals surface area contributed by atoms with Crippen molar-refractivity contribution < 1.29 is 23.8 Å². The van der Waals surface area contributed by atoms with E-state index < -0.39 is 5.60 Å². The van der Waals surface area contributed by atoms with Crippen LogP contribution in [0.1, 0.15) is 58.2 Å². The molecular weight excluding hydrogens is 460 g/mol. The van der Waals surface area contributed by atoms with E-state index in [0.717, 1.165) is 18.4 Å². The highest BCUT2D eigenvalue weighted by atomic mass is 16.5. The summed E-state index contributed by atoms with van der Waals surface area (Å²) in [4.78, 5) is 27.7. The van der Waals surface area contributed by atoms with Crippen molar-refractivity contribution in [1.82, 2.24) is 19.8 Å². The molecule has 36 heavy (non-hydrogen) atoms. The number of aryl methyl sites for hydroxylation is 2. The number of aliphatic hydroxyl groups is 1. The van der Waals surface area contributed by atoms with E-state index in [2.05, 4.69) is 10.4 Å². The Kier molecular flexibility index (Phi) is 4.91. The van der Waals surface area contributed by atoms with Gasteiger partial charge in [-0.25, -0.2) is 4.52 Å². The fraction of sp³-hybridized carbons (Fsp3) is 0.370. The first kappa shape index (κ1) is 22.6. The number of hydrogen-bond acceptors (Lipinski definition) is 6. The molecule has 2 aliphatic heterocycles. The standard InChI is InChI=1S/C27H28N4O5/c1-14-19(26(33)31-16-5-8-22(31)27(3,34)12-16)13-30-24(14)20(9-10-29-30)36-17-6-7-18-21(11-17)35-15(2)23(18)25(32)28-4/h6-7,9-11,13,16,22,34H,5,8,12H2,1-4H3,(H,28,32)/t16-,22+,27+/m1/s1. The number of benzene rings is 1. The van der Waals surface area contributed by atoms with Crippen molar-refractivity contribution in [1.29, 1.82) is 0 Å². The third-order valence-corrected chi connectivity index (χ3v) is 7.74. The molecule has 2 bridgehead atoms. The Morgan fingerprint density at radius 1 is 1.25 bits per heavy atom. The molecule has 2 aliphatic rings. The highest BCUT2D eigenvalue weighted by molar-refractivity contribution is 6.07. The van der Waals surface area contributed by atoms with Crippen LogP contribution < -0.4 is 10.1 Å². The van der Waals surface area contributed by atoms with Crippen molar-refractivity contribution in [2.24, 2.45) is 0 Å². The number of hydrogen-bond donors (Lipinski definition) is 2. The fourth-order valence-corrected chi connectivity index (χ4v) is 6.07. The number of amides is 2. The molecule has 1 aromatic carbocycles. The lowest BCUT2D eigenvalue weighted by molar-refractivity contribution is 0.0185. The number of carbonyl (C=O) groups is 2. The number of nitrogens with zero attached hydrogens (tertiary/aromatic N) is 3. The quantitative estimate of drug-likeness (QED) is 0.450. The number of aromatic nitrogens is 2. The molecular formula is C27H28N4O5. The van der Waals surface area contributed by atoms with Crippen LogP contribution in [0.2, 0.25) is 0 Å². The molecule has 3 aromatic heterocycles. The summed E-state index contributed by atoms with van der Waals surface area (Å²) in [5.41, 5.74) is 2.23. The zero-order chi connectivity index (χ0) is 25.4. The maximum atomic E-state index is 13.6. The second kappa shape index (κ2) is 7.83. The van der Waals surface area contributed by atoms with Gasteiger partial charge in [0, 0.05) is 36.8 Å². The number of ether oxygens (including phenoxy) is 1. The second-order valence-corrected chi connectivity index (χ2v) is 10.0. The molecule has 0 aliphatic carbocycles. The van der Waals surface area contributed by atoms with Gasteiger partial charge in [-0.1, -0.05) is 0 Å². The summed E-state index contributed by atoms with van der Waals surface area (Å²) in [6, 6.07) is 7.00. The molecule has 0 unspecified atom stereocenters. The predicted octanol–water partition coefficient (Wildman–Crippen LogP) is 3.98. The van der Waals surface area contributed by atoms with Gasteiger partial charge in [-0.3, -0.25) is 9.59 Å². The average Bonchev–Trinajstić information content (AvgIpc) is 3.56. The van der Waals surface area contributed by atoms with E-state index in [4.69, 9.17) is 9.15 Å². The Balaban J connectivity index is 1.35. The van der Waals surface area contributed by atoms with Gasteiger partial charge in [-0.15, -0.1) is 0 Å². The van der Waals surface area contributed by atoms with E-state index in [0.29, 0.717) is 51.3 Å². The van der Waals surface area contributed by atoms with Gasteiger partial charge in [0.2, 0.25) is 0 Å². The molecule has 9 nitrogen and oxygen atoms in total. The molecule has 2 N–H and O–H groups in total. The number of rotatable bonds is 4. The SMILES string of the molecule is CNC(=O)c1c(C)oc2cc(Oc3ccnn4cc(C(=O)N5[C@@H]6CC[C@H]5[C@@](C)(O)C6)c(C)c34)ccc12. The smallest absolute Gasteiger partial charge is 0.256 e. The normalized spacial score (nSPS) is 23.1. The number of carbonyl (C=O) groups excluding carboxylic acids is 2. The summed E-state index contributed by atoms with van der Waals surface area (Å²) in [5, 5.41) is 18.5. The van der Waals surface area contributed by atoms with E-state index in [-0.39, 0.29) is 23.9 Å². The topological polar surface area (TPSA) is 109 Å². The summed E-state index contributed by atoms with van der Waals surface area (Å²) in [6.07, 6.45) is 5.71. The van der Waals surface area contributed by atoms with Crippen molar-refractivity contribution in [3.63, 3.8) is 0 Å². The van der Waals surface area contributed by atoms with Crippen molar-refractivity contribution in [2.75, 3.05) is 7.05 Å². The third kappa shape index (κ3) is 3.22. The Bertz CT molecular complexity index is 1550. The molecule has 3 atom stereocenters. The average molecular weight is 489 g/mol. The second-order valence-electron chi connectivity index (χ2n) is 10.0. The summed E-state index contributed by atoms with van der Waals surface area (Å²) in [5.74, 6) is 1.34. The first-order chi connectivity index (χ1) is 17.2. The Morgan fingerprint density at radius 2 is 2.06 bits per heavy atom. The molecule has 2 saturated heterocycles. The molecule has 4 aromatic rings. The van der Waals surface area contributed by atoms with Gasteiger partial charge in [0.05, 0.1) is 29.0 Å². The van der Waals surface area contributed by atoms with Crippen molar-refractivity contribution >= 4 is 28.3 Å². The first-order valence-corrected chi connectivity index (χ1v) is 12.1. The maximum Gasteiger partial charge on any atom is 0.256 e. The third-order valence-electron chi connectivity index (χ3n) is 7.74. The fourth-order valence-electron chi connectivity index (χ4n) is 6.07. The monoisotopic (exact) mass is 488 g/mol. The van der Waals surface area contributed by atoms with Crippen LogP contribution in [0.3, 0.4) is 0 Å². The van der Waals surface area contributed by atoms with E-state index >= 15 is 0 Å². The molecule has 2 fully saturated rings. The highest BCUT2D eigenvalue weighted by Gasteiger charge is 2.54. The summed E-state index contributed by atoms with van der Waals surface area (Å²) < 4.78 is 13.7. The van der Waals surface area contributed by atoms with Crippen LogP contribution in [0.25, 0.3) is 16.5 Å². The summed E-state index contributed by atoms with van der Waals surface area (Å²) in [6.45, 7) is 5.47. The number of nitrogens with one attached hydrogen (secondary N) is 1. The van der Waals surface area contributed by atoms with Crippen LogP contribution in [0.4, 0.5) is 0 Å². The van der Waals surface area contributed by atoms with Crippen LogP contribution in [0.5, 0.6) is 11.5 Å². The van der Waals surface area contributed by atoms with Crippen molar-refractivity contribution in [2.45, 2.75) is 57.7 Å². The minimum atomic E-state index is -0.849. The predicted molar refractivity (Wildman–Crippen MR) is 133 cm³/mol. The molecule has 0 saturated carbocycles. The van der Waals surface area contributed by atoms with Crippen LogP contribution in [0, 0.1) is 13.8 Å². The molecule has 5 heterocycles. The van der Waals surface area contributed by atoms with E-state index in [1.807, 2.05) is 18.7 Å². The minimum Gasteiger partial charge on any atom is -0.460 e. The number of fused-ring (bicyclic) bond motifs is 4. The van der Waals surface area contributed by atoms with Crippen LogP contribution in [-0.4, -0.2) is 56.2 Å². The summed E-state index contributed by atoms with van der Waals surface area (Å²) in [7, 11) is 1.59. The number of furan rings is 1.